The van der Waals surface area contributed by atoms with Gasteiger partial charge in [0.15, 0.2) is 18.6 Å². The molecule has 0 aliphatic carbocycles. The number of benzene rings is 2. The lowest BCUT2D eigenvalue weighted by molar-refractivity contribution is -0.153. The second-order valence-corrected chi connectivity index (χ2v) is 9.90. The molecule has 1 amide bonds. The molecule has 0 aliphatic heterocycles. The molecule has 0 unspecified atom stereocenters. The van der Waals surface area contributed by atoms with Crippen LogP contribution in [0.25, 0.3) is 11.1 Å². The highest BCUT2D eigenvalue weighted by Gasteiger charge is 2.26. The molecular weight excluding hydrogens is 529 g/mol. The number of rotatable bonds is 13. The maximum absolute atomic E-state index is 13.2. The number of carbonyl (C=O) groups excluding carboxylic acids is 3. The fourth-order valence-corrected chi connectivity index (χ4v) is 4.06. The van der Waals surface area contributed by atoms with E-state index in [9.17, 15) is 24.1 Å². The number of hydrogen-bond acceptors (Lipinski definition) is 8. The van der Waals surface area contributed by atoms with Crippen molar-refractivity contribution in [2.75, 3.05) is 6.61 Å². The number of esters is 1. The Labute approximate surface area is 224 Å². The van der Waals surface area contributed by atoms with Gasteiger partial charge in [0.2, 0.25) is 0 Å². The summed E-state index contributed by atoms with van der Waals surface area (Å²) >= 11 is 0. The van der Waals surface area contributed by atoms with Crippen LogP contribution in [-0.4, -0.2) is 61.1 Å². The predicted octanol–water partition coefficient (Wildman–Crippen LogP) is 2.47. The zero-order valence-electron chi connectivity index (χ0n) is 21.4. The first-order valence-electron chi connectivity index (χ1n) is 12.1. The van der Waals surface area contributed by atoms with Gasteiger partial charge in [0.25, 0.3) is 5.91 Å². The van der Waals surface area contributed by atoms with E-state index >= 15 is 0 Å². The Morgan fingerprint density at radius 1 is 1.05 bits per heavy atom. The molecule has 0 bridgehead atoms. The molecule has 39 heavy (non-hydrogen) atoms. The monoisotopic (exact) mass is 559 g/mol. The van der Waals surface area contributed by atoms with Gasteiger partial charge in [-0.05, 0) is 30.0 Å². The molecule has 0 saturated carbocycles. The lowest BCUT2D eigenvalue weighted by Gasteiger charge is -2.21. The van der Waals surface area contributed by atoms with Gasteiger partial charge in [-0.1, -0.05) is 54.6 Å². The third-order valence-corrected chi connectivity index (χ3v) is 6.12. The van der Waals surface area contributed by atoms with Crippen molar-refractivity contribution in [3.63, 3.8) is 0 Å². The van der Waals surface area contributed by atoms with Crippen LogP contribution in [0.3, 0.4) is 0 Å². The Bertz CT molecular complexity index is 1340. The summed E-state index contributed by atoms with van der Waals surface area (Å²) in [6.45, 7) is 2.10. The van der Waals surface area contributed by atoms with Gasteiger partial charge < -0.3 is 24.9 Å². The summed E-state index contributed by atoms with van der Waals surface area (Å²) in [6.07, 6.45) is -1.48. The Balaban J connectivity index is 1.84. The molecule has 0 spiro atoms. The SMILES string of the molecule is CCOC(=O)[C@H](O)C[C@@H](Cc1ccc(-c2ccccc2)cc1)NC(=O)c1cc(C(C)=O)nn1COP(=O)(O)O. The highest BCUT2D eigenvalue weighted by molar-refractivity contribution is 7.46. The summed E-state index contributed by atoms with van der Waals surface area (Å²) in [6, 6.07) is 17.7. The highest BCUT2D eigenvalue weighted by atomic mass is 31.2. The van der Waals surface area contributed by atoms with Crippen LogP contribution in [0.4, 0.5) is 0 Å². The quantitative estimate of drug-likeness (QED) is 0.138. The van der Waals surface area contributed by atoms with Crippen molar-refractivity contribution in [1.82, 2.24) is 15.1 Å². The second kappa shape index (κ2) is 13.4. The summed E-state index contributed by atoms with van der Waals surface area (Å²) < 4.78 is 21.3. The van der Waals surface area contributed by atoms with Crippen molar-refractivity contribution in [1.29, 1.82) is 0 Å². The summed E-state index contributed by atoms with van der Waals surface area (Å²) in [5.74, 6) is -2.08. The van der Waals surface area contributed by atoms with Crippen molar-refractivity contribution < 1.29 is 43.1 Å². The number of aromatic nitrogens is 2. The summed E-state index contributed by atoms with van der Waals surface area (Å²) in [5, 5.41) is 17.0. The molecule has 3 aromatic rings. The number of hydrogen-bond donors (Lipinski definition) is 4. The Morgan fingerprint density at radius 3 is 2.28 bits per heavy atom. The largest absolute Gasteiger partial charge is 0.471 e. The van der Waals surface area contributed by atoms with Gasteiger partial charge in [0.05, 0.1) is 6.61 Å². The standard InChI is InChI=1S/C26H30N3O9P/c1-3-37-26(33)24(31)14-21(13-18-9-11-20(12-10-18)19-7-5-4-6-8-19)27-25(32)23-15-22(17(2)30)28-29(23)16-38-39(34,35)36/h4-12,15,21,24,31H,3,13-14,16H2,1-2H3,(H,27,32)(H2,34,35,36)/t21-,24-/m1/s1. The van der Waals surface area contributed by atoms with E-state index in [1.165, 1.54) is 6.92 Å². The summed E-state index contributed by atoms with van der Waals surface area (Å²) in [5.41, 5.74) is 2.49. The normalized spacial score (nSPS) is 12.9. The molecule has 1 heterocycles. The second-order valence-electron chi connectivity index (χ2n) is 8.66. The Kier molecular flexibility index (Phi) is 10.3. The van der Waals surface area contributed by atoms with E-state index in [1.807, 2.05) is 54.6 Å². The molecule has 2 aromatic carbocycles. The summed E-state index contributed by atoms with van der Waals surface area (Å²) in [7, 11) is -4.89. The van der Waals surface area contributed by atoms with E-state index in [2.05, 4.69) is 14.9 Å². The smallest absolute Gasteiger partial charge is 0.464 e. The van der Waals surface area contributed by atoms with Gasteiger partial charge >= 0.3 is 13.8 Å². The average molecular weight is 560 g/mol. The lowest BCUT2D eigenvalue weighted by Crippen LogP contribution is -2.41. The van der Waals surface area contributed by atoms with Crippen LogP contribution in [0, 0.1) is 0 Å². The minimum absolute atomic E-state index is 0.0699. The van der Waals surface area contributed by atoms with Crippen molar-refractivity contribution >= 4 is 25.5 Å². The predicted molar refractivity (Wildman–Crippen MR) is 139 cm³/mol. The number of ketones is 1. The van der Waals surface area contributed by atoms with Crippen molar-refractivity contribution in [3.05, 3.63) is 77.6 Å². The van der Waals surface area contributed by atoms with Crippen LogP contribution in [0.15, 0.2) is 60.7 Å². The van der Waals surface area contributed by atoms with Crippen molar-refractivity contribution in [2.24, 2.45) is 0 Å². The molecule has 208 valence electrons. The van der Waals surface area contributed by atoms with E-state index in [1.54, 1.807) is 6.92 Å². The molecule has 3 rings (SSSR count). The number of nitrogens with one attached hydrogen (secondary N) is 1. The van der Waals surface area contributed by atoms with Gasteiger partial charge in [0.1, 0.15) is 11.4 Å². The zero-order valence-corrected chi connectivity index (χ0v) is 22.3. The third-order valence-electron chi connectivity index (χ3n) is 5.67. The van der Waals surface area contributed by atoms with E-state index < -0.39 is 44.4 Å². The zero-order chi connectivity index (χ0) is 28.6. The molecule has 12 nitrogen and oxygen atoms in total. The van der Waals surface area contributed by atoms with Gasteiger partial charge in [0, 0.05) is 25.5 Å². The molecule has 4 N–H and O–H groups in total. The van der Waals surface area contributed by atoms with Gasteiger partial charge in [-0.2, -0.15) is 5.10 Å². The van der Waals surface area contributed by atoms with Crippen LogP contribution in [-0.2, 0) is 31.8 Å². The van der Waals surface area contributed by atoms with Crippen LogP contribution < -0.4 is 5.32 Å². The van der Waals surface area contributed by atoms with E-state index in [0.29, 0.717) is 0 Å². The fourth-order valence-electron chi connectivity index (χ4n) is 3.81. The number of carbonyl (C=O) groups is 3. The maximum Gasteiger partial charge on any atom is 0.471 e. The van der Waals surface area contributed by atoms with Crippen LogP contribution in [0.5, 0.6) is 0 Å². The van der Waals surface area contributed by atoms with E-state index in [0.717, 1.165) is 27.4 Å². The van der Waals surface area contributed by atoms with Crippen LogP contribution in [0.2, 0.25) is 0 Å². The van der Waals surface area contributed by atoms with Crippen molar-refractivity contribution in [3.8, 4) is 11.1 Å². The molecule has 0 fully saturated rings. The fraction of sp³-hybridized carbons (Fsp3) is 0.308. The van der Waals surface area contributed by atoms with Crippen LogP contribution >= 0.6 is 7.82 Å². The molecular formula is C26H30N3O9P. The minimum atomic E-state index is -4.89. The van der Waals surface area contributed by atoms with Gasteiger partial charge in [-0.3, -0.25) is 14.1 Å². The number of phosphoric acid groups is 1. The van der Waals surface area contributed by atoms with E-state index in [4.69, 9.17) is 14.5 Å². The minimum Gasteiger partial charge on any atom is -0.464 e. The number of aliphatic hydroxyl groups is 1. The molecule has 0 radical (unpaired) electrons. The molecule has 1 aromatic heterocycles. The number of phosphoric ester groups is 1. The number of Topliss-reactive ketones (excluding diaryl/α,β-unsaturated/α-hetero) is 1. The van der Waals surface area contributed by atoms with E-state index in [-0.39, 0.29) is 30.8 Å². The number of aliphatic hydroxyl groups excluding tert-OH is 1. The molecule has 13 heteroatoms. The number of amides is 1. The third kappa shape index (κ3) is 8.95. The van der Waals surface area contributed by atoms with Gasteiger partial charge in [-0.25, -0.2) is 14.0 Å². The maximum atomic E-state index is 13.2. The Morgan fingerprint density at radius 2 is 1.69 bits per heavy atom. The first kappa shape index (κ1) is 29.9. The molecule has 0 aliphatic rings. The molecule has 2 atom stereocenters. The number of nitrogens with zero attached hydrogens (tertiary/aromatic N) is 2. The lowest BCUT2D eigenvalue weighted by atomic mass is 9.97. The first-order valence-corrected chi connectivity index (χ1v) is 13.6. The van der Waals surface area contributed by atoms with Gasteiger partial charge in [-0.15, -0.1) is 0 Å². The average Bonchev–Trinajstić information content (AvgIpc) is 3.33. The summed E-state index contributed by atoms with van der Waals surface area (Å²) in [4.78, 5) is 55.2. The number of ether oxygens (including phenoxy) is 1. The topological polar surface area (TPSA) is 177 Å². The van der Waals surface area contributed by atoms with Crippen LogP contribution in [0.1, 0.15) is 46.8 Å². The highest BCUT2D eigenvalue weighted by Crippen LogP contribution is 2.36. The first-order chi connectivity index (χ1) is 18.5. The Hall–Kier alpha value is -3.67. The molecule has 0 saturated heterocycles. The van der Waals surface area contributed by atoms with Crippen molar-refractivity contribution in [2.45, 2.75) is 45.6 Å².